The van der Waals surface area contributed by atoms with Gasteiger partial charge >= 0.3 is 12.2 Å². The van der Waals surface area contributed by atoms with Gasteiger partial charge in [-0.1, -0.05) is 29.0 Å². The van der Waals surface area contributed by atoms with Crippen LogP contribution in [0.3, 0.4) is 0 Å². The second-order valence-electron chi connectivity index (χ2n) is 13.9. The topological polar surface area (TPSA) is 125 Å². The van der Waals surface area contributed by atoms with Crippen LogP contribution in [0.4, 0.5) is 37.2 Å². The molecule has 10 nitrogen and oxygen atoms in total. The normalized spacial score (nSPS) is 21.5. The fraction of sp³-hybridized carbons (Fsp3) is 0.417. The Kier molecular flexibility index (Phi) is 9.50. The number of hydrogen-bond donors (Lipinski definition) is 1. The van der Waals surface area contributed by atoms with E-state index in [1.807, 2.05) is 11.0 Å². The van der Waals surface area contributed by atoms with Gasteiger partial charge in [-0.05, 0) is 50.4 Å². The zero-order chi connectivity index (χ0) is 39.0. The van der Waals surface area contributed by atoms with Crippen LogP contribution >= 0.6 is 34.3 Å². The summed E-state index contributed by atoms with van der Waals surface area (Å²) in [6, 6.07) is 3.67. The van der Waals surface area contributed by atoms with Crippen molar-refractivity contribution in [3.8, 4) is 23.2 Å². The van der Waals surface area contributed by atoms with Gasteiger partial charge in [0.25, 0.3) is 5.91 Å². The number of rotatable bonds is 8. The number of fused-ring (bicyclic) bond motifs is 3. The zero-order valence-corrected chi connectivity index (χ0v) is 31.4. The van der Waals surface area contributed by atoms with E-state index in [1.54, 1.807) is 16.7 Å². The van der Waals surface area contributed by atoms with Gasteiger partial charge in [-0.2, -0.15) is 28.4 Å². The number of amides is 1. The highest BCUT2D eigenvalue weighted by Crippen LogP contribution is 2.48. The minimum atomic E-state index is -5.15. The molecule has 3 saturated heterocycles. The van der Waals surface area contributed by atoms with Crippen molar-refractivity contribution in [1.29, 1.82) is 5.26 Å². The third-order valence-electron chi connectivity index (χ3n) is 10.8. The molecule has 3 atom stereocenters. The molecule has 3 unspecified atom stereocenters. The van der Waals surface area contributed by atoms with Crippen molar-refractivity contribution in [2.24, 2.45) is 0 Å². The molecule has 55 heavy (non-hydrogen) atoms. The highest BCUT2D eigenvalue weighted by atomic mass is 35.5. The molecule has 19 heteroatoms. The number of nitrogens with two attached hydrogens (primary N) is 1. The lowest BCUT2D eigenvalue weighted by Crippen LogP contribution is -2.43. The number of carbonyl (C=O) groups is 1. The molecule has 3 fully saturated rings. The van der Waals surface area contributed by atoms with Crippen molar-refractivity contribution in [3.05, 3.63) is 56.5 Å². The van der Waals surface area contributed by atoms with Crippen molar-refractivity contribution in [2.75, 3.05) is 50.0 Å². The number of benzene rings is 2. The smallest absolute Gasteiger partial charge is 0.417 e. The lowest BCUT2D eigenvalue weighted by molar-refractivity contribution is -0.137. The molecule has 0 radical (unpaired) electrons. The molecule has 8 rings (SSSR count). The maximum atomic E-state index is 17.3. The van der Waals surface area contributed by atoms with Crippen molar-refractivity contribution < 1.29 is 35.9 Å². The van der Waals surface area contributed by atoms with E-state index in [-0.39, 0.29) is 80.9 Å². The summed E-state index contributed by atoms with van der Waals surface area (Å²) >= 11 is 7.65. The molecule has 288 valence electrons. The fourth-order valence-electron chi connectivity index (χ4n) is 8.39. The Morgan fingerprint density at radius 1 is 1.22 bits per heavy atom. The number of likely N-dealkylation sites (N-methyl/N-ethyl adjacent to an activating group) is 1. The second kappa shape index (κ2) is 13.9. The first-order valence-electron chi connectivity index (χ1n) is 17.4. The van der Waals surface area contributed by atoms with E-state index in [0.29, 0.717) is 42.1 Å². The van der Waals surface area contributed by atoms with Crippen LogP contribution < -0.4 is 15.4 Å². The number of alkyl halides is 4. The highest BCUT2D eigenvalue weighted by Gasteiger charge is 2.49. The number of thiophene rings is 1. The summed E-state index contributed by atoms with van der Waals surface area (Å²) in [5, 5.41) is 9.21. The number of aromatic nitrogens is 3. The Morgan fingerprint density at radius 2 is 2.02 bits per heavy atom. The van der Waals surface area contributed by atoms with Crippen molar-refractivity contribution in [3.63, 3.8) is 0 Å². The number of likely N-dealkylation sites (tertiary alicyclic amines) is 1. The first kappa shape index (κ1) is 37.5. The summed E-state index contributed by atoms with van der Waals surface area (Å²) < 4.78 is 98.6. The average molecular weight is 821 g/mol. The Bertz CT molecular complexity index is 2400. The number of halogens is 7. The van der Waals surface area contributed by atoms with Crippen LogP contribution in [-0.2, 0) is 6.18 Å². The summed E-state index contributed by atoms with van der Waals surface area (Å²) in [5.41, 5.74) is 1.80. The molecule has 5 aromatic rings. The summed E-state index contributed by atoms with van der Waals surface area (Å²) in [5.74, 6) is -2.60. The van der Waals surface area contributed by atoms with Gasteiger partial charge in [0.15, 0.2) is 10.3 Å². The largest absolute Gasteiger partial charge is 0.461 e. The SMILES string of the molecule is CCN(c1nc(OCC23CCCN2CC(F)C3)nc2c(F)c(-c3ccc(F)c4sc(N)c(C#N)c34)c(C(F)(F)F)cc12)C1CCN(C(=O)c2cnc(Cl)s2)C1. The molecular formula is C36H31ClF6N8O2S2. The minimum Gasteiger partial charge on any atom is -0.461 e. The first-order chi connectivity index (χ1) is 26.2. The summed E-state index contributed by atoms with van der Waals surface area (Å²) in [7, 11) is 0. The standard InChI is InChI=1S/C36H31ClF6N8O2S2/c1-2-51(18-6-9-49(15-18)32(52)24-13-46-33(37)54-24)31-20-10-22(36(41,42)43)26(19-4-5-23(39)29-25(19)21(12-44)30(45)55-29)27(40)28(20)47-34(48-31)53-16-35-7-3-8-50(35)14-17(38)11-35/h4-5,10,13,17-18H,2-3,6-9,11,14-16,45H2,1H3. The van der Waals surface area contributed by atoms with Gasteiger partial charge in [-0.3, -0.25) is 9.69 Å². The van der Waals surface area contributed by atoms with Gasteiger partial charge in [0.2, 0.25) is 0 Å². The Hall–Kier alpha value is -4.44. The second-order valence-corrected chi connectivity index (χ2v) is 16.6. The summed E-state index contributed by atoms with van der Waals surface area (Å²) in [6.45, 7) is 3.29. The fourth-order valence-corrected chi connectivity index (χ4v) is 10.2. The van der Waals surface area contributed by atoms with Crippen LogP contribution in [0.15, 0.2) is 24.4 Å². The molecule has 0 aliphatic carbocycles. The van der Waals surface area contributed by atoms with Crippen LogP contribution in [0.25, 0.3) is 32.1 Å². The van der Waals surface area contributed by atoms with Crippen LogP contribution in [0.1, 0.15) is 53.4 Å². The predicted octanol–water partition coefficient (Wildman–Crippen LogP) is 8.07. The Morgan fingerprint density at radius 3 is 2.73 bits per heavy atom. The third kappa shape index (κ3) is 6.38. The number of carbonyl (C=O) groups excluding carboxylic acids is 1. The van der Waals surface area contributed by atoms with E-state index < -0.39 is 57.8 Å². The minimum absolute atomic E-state index is 0.0407. The van der Waals surface area contributed by atoms with Crippen LogP contribution in [0, 0.1) is 23.0 Å². The monoisotopic (exact) mass is 820 g/mol. The number of ether oxygens (including phenoxy) is 1. The molecule has 6 heterocycles. The van der Waals surface area contributed by atoms with E-state index in [2.05, 4.69) is 15.0 Å². The average Bonchev–Trinajstić information content (AvgIpc) is 3.97. The Labute approximate surface area is 323 Å². The molecule has 1 amide bonds. The molecular weight excluding hydrogens is 790 g/mol. The molecule has 0 bridgehead atoms. The molecule has 2 aromatic carbocycles. The van der Waals surface area contributed by atoms with Gasteiger partial charge in [-0.25, -0.2) is 18.2 Å². The summed E-state index contributed by atoms with van der Waals surface area (Å²) in [6.07, 6.45) is -2.77. The highest BCUT2D eigenvalue weighted by molar-refractivity contribution is 7.23. The zero-order valence-electron chi connectivity index (χ0n) is 29.0. The lowest BCUT2D eigenvalue weighted by atomic mass is 9.92. The lowest BCUT2D eigenvalue weighted by Gasteiger charge is -2.32. The number of hydrogen-bond acceptors (Lipinski definition) is 11. The quantitative estimate of drug-likeness (QED) is 0.155. The van der Waals surface area contributed by atoms with Crippen molar-refractivity contribution >= 4 is 72.0 Å². The van der Waals surface area contributed by atoms with Gasteiger partial charge in [-0.15, -0.1) is 11.3 Å². The van der Waals surface area contributed by atoms with Gasteiger partial charge in [0.1, 0.15) is 45.9 Å². The van der Waals surface area contributed by atoms with Gasteiger partial charge in [0.05, 0.1) is 27.6 Å². The first-order valence-corrected chi connectivity index (χ1v) is 19.5. The Balaban J connectivity index is 1.30. The summed E-state index contributed by atoms with van der Waals surface area (Å²) in [4.78, 5) is 31.8. The number of thiazole rings is 1. The third-order valence-corrected chi connectivity index (χ3v) is 12.9. The predicted molar refractivity (Wildman–Crippen MR) is 197 cm³/mol. The van der Waals surface area contributed by atoms with E-state index in [9.17, 15) is 14.4 Å². The van der Waals surface area contributed by atoms with Crippen molar-refractivity contribution in [2.45, 2.75) is 56.5 Å². The van der Waals surface area contributed by atoms with Crippen LogP contribution in [-0.4, -0.2) is 87.7 Å². The molecule has 2 N–H and O–H groups in total. The van der Waals surface area contributed by atoms with Crippen molar-refractivity contribution in [1.82, 2.24) is 24.8 Å². The van der Waals surface area contributed by atoms with Gasteiger partial charge < -0.3 is 20.3 Å². The number of nitrogen functional groups attached to an aromatic ring is 1. The van der Waals surface area contributed by atoms with E-state index in [4.69, 9.17) is 22.1 Å². The van der Waals surface area contributed by atoms with E-state index >= 15 is 22.0 Å². The van der Waals surface area contributed by atoms with E-state index in [0.717, 1.165) is 36.0 Å². The molecule has 0 saturated carbocycles. The maximum absolute atomic E-state index is 17.3. The van der Waals surface area contributed by atoms with Crippen LogP contribution in [0.2, 0.25) is 4.47 Å². The molecule has 0 spiro atoms. The number of anilines is 2. The number of nitriles is 1. The molecule has 3 aliphatic rings. The molecule has 3 aromatic heterocycles. The molecule has 3 aliphatic heterocycles. The van der Waals surface area contributed by atoms with E-state index in [1.165, 1.54) is 6.20 Å². The van der Waals surface area contributed by atoms with Crippen LogP contribution in [0.5, 0.6) is 6.01 Å². The number of nitrogens with zero attached hydrogens (tertiary/aromatic N) is 7. The van der Waals surface area contributed by atoms with Gasteiger partial charge in [0, 0.05) is 55.0 Å². The maximum Gasteiger partial charge on any atom is 0.417 e.